The van der Waals surface area contributed by atoms with Crippen molar-refractivity contribution in [3.63, 3.8) is 0 Å². The Hall–Kier alpha value is -0.0900. The third-order valence-corrected chi connectivity index (χ3v) is 6.71. The standard InChI is InChI=1S/C12H23NO2S/c1-11(2)10(12(11,3)4)13-9-6-5-7-16(14,15)8-9/h9-10,13H,5-8H2,1-4H3. The summed E-state index contributed by atoms with van der Waals surface area (Å²) in [5.41, 5.74) is 0.572. The van der Waals surface area contributed by atoms with Crippen molar-refractivity contribution in [2.24, 2.45) is 10.8 Å². The molecule has 4 heteroatoms. The minimum absolute atomic E-state index is 0.171. The molecule has 1 N–H and O–H groups in total. The molecule has 1 unspecified atom stereocenters. The van der Waals surface area contributed by atoms with Crippen LogP contribution in [0.1, 0.15) is 40.5 Å². The second-order valence-electron chi connectivity index (χ2n) is 6.50. The van der Waals surface area contributed by atoms with Crippen LogP contribution in [0.2, 0.25) is 0 Å². The molecule has 2 aliphatic rings. The van der Waals surface area contributed by atoms with Crippen LogP contribution in [0.25, 0.3) is 0 Å². The molecule has 0 amide bonds. The number of sulfone groups is 1. The Morgan fingerprint density at radius 1 is 1.12 bits per heavy atom. The zero-order valence-electron chi connectivity index (χ0n) is 10.7. The minimum Gasteiger partial charge on any atom is -0.309 e. The van der Waals surface area contributed by atoms with Gasteiger partial charge in [0, 0.05) is 12.1 Å². The molecular formula is C12H23NO2S. The molecule has 1 saturated heterocycles. The first-order valence-electron chi connectivity index (χ1n) is 6.13. The van der Waals surface area contributed by atoms with E-state index in [1.807, 2.05) is 0 Å². The lowest BCUT2D eigenvalue weighted by Gasteiger charge is -2.24. The van der Waals surface area contributed by atoms with Crippen molar-refractivity contribution in [1.82, 2.24) is 5.32 Å². The monoisotopic (exact) mass is 245 g/mol. The fraction of sp³-hybridized carbons (Fsp3) is 1.00. The van der Waals surface area contributed by atoms with E-state index in [1.165, 1.54) is 0 Å². The van der Waals surface area contributed by atoms with Crippen molar-refractivity contribution in [3.8, 4) is 0 Å². The summed E-state index contributed by atoms with van der Waals surface area (Å²) < 4.78 is 23.1. The lowest BCUT2D eigenvalue weighted by atomic mass is 10.0. The first-order chi connectivity index (χ1) is 7.17. The normalized spacial score (nSPS) is 35.9. The molecule has 1 atom stereocenters. The quantitative estimate of drug-likeness (QED) is 0.803. The van der Waals surface area contributed by atoms with Crippen molar-refractivity contribution < 1.29 is 8.42 Å². The highest BCUT2D eigenvalue weighted by molar-refractivity contribution is 7.91. The van der Waals surface area contributed by atoms with Crippen molar-refractivity contribution in [3.05, 3.63) is 0 Å². The Morgan fingerprint density at radius 2 is 1.69 bits per heavy atom. The van der Waals surface area contributed by atoms with Crippen molar-refractivity contribution in [2.75, 3.05) is 11.5 Å². The van der Waals surface area contributed by atoms with Gasteiger partial charge >= 0.3 is 0 Å². The zero-order chi connectivity index (χ0) is 12.2. The van der Waals surface area contributed by atoms with Gasteiger partial charge in [-0.3, -0.25) is 0 Å². The van der Waals surface area contributed by atoms with Crippen LogP contribution >= 0.6 is 0 Å². The summed E-state index contributed by atoms with van der Waals surface area (Å²) in [6, 6.07) is 0.628. The third-order valence-electron chi connectivity index (χ3n) is 4.89. The van der Waals surface area contributed by atoms with Crippen LogP contribution in [-0.2, 0) is 9.84 Å². The van der Waals surface area contributed by atoms with Gasteiger partial charge in [-0.1, -0.05) is 27.7 Å². The first kappa shape index (κ1) is 12.4. The molecule has 1 heterocycles. The number of rotatable bonds is 2. The number of hydrogen-bond acceptors (Lipinski definition) is 3. The average Bonchev–Trinajstić information content (AvgIpc) is 2.46. The van der Waals surface area contributed by atoms with Crippen molar-refractivity contribution >= 4 is 9.84 Å². The van der Waals surface area contributed by atoms with Gasteiger partial charge in [-0.25, -0.2) is 8.42 Å². The summed E-state index contributed by atoms with van der Waals surface area (Å²) >= 11 is 0. The molecule has 0 aromatic rings. The molecular weight excluding hydrogens is 222 g/mol. The summed E-state index contributed by atoms with van der Waals surface area (Å²) in [4.78, 5) is 0. The summed E-state index contributed by atoms with van der Waals surface area (Å²) in [6.07, 6.45) is 1.81. The maximum absolute atomic E-state index is 11.5. The lowest BCUT2D eigenvalue weighted by Crippen LogP contribution is -2.42. The summed E-state index contributed by atoms with van der Waals surface area (Å²) in [5.74, 6) is 0.707. The van der Waals surface area contributed by atoms with Gasteiger partial charge in [0.25, 0.3) is 0 Å². The summed E-state index contributed by atoms with van der Waals surface area (Å²) in [7, 11) is -2.79. The predicted octanol–water partition coefficient (Wildman–Crippen LogP) is 1.59. The fourth-order valence-electron chi connectivity index (χ4n) is 3.00. The van der Waals surface area contributed by atoms with Gasteiger partial charge in [-0.2, -0.15) is 0 Å². The largest absolute Gasteiger partial charge is 0.309 e. The molecule has 1 saturated carbocycles. The summed E-state index contributed by atoms with van der Waals surface area (Å²) in [6.45, 7) is 9.01. The smallest absolute Gasteiger partial charge is 0.151 e. The van der Waals surface area contributed by atoms with Crippen LogP contribution in [-0.4, -0.2) is 32.0 Å². The van der Waals surface area contributed by atoms with Crippen LogP contribution < -0.4 is 5.32 Å². The molecule has 3 nitrogen and oxygen atoms in total. The van der Waals surface area contributed by atoms with Gasteiger partial charge < -0.3 is 5.32 Å². The van der Waals surface area contributed by atoms with E-state index in [0.717, 1.165) is 12.8 Å². The second kappa shape index (κ2) is 3.45. The van der Waals surface area contributed by atoms with Gasteiger partial charge in [0.15, 0.2) is 9.84 Å². The minimum atomic E-state index is -2.79. The van der Waals surface area contributed by atoms with Crippen LogP contribution in [0.4, 0.5) is 0 Å². The van der Waals surface area contributed by atoms with Crippen LogP contribution in [0.3, 0.4) is 0 Å². The first-order valence-corrected chi connectivity index (χ1v) is 7.95. The van der Waals surface area contributed by atoms with Crippen molar-refractivity contribution in [1.29, 1.82) is 0 Å². The topological polar surface area (TPSA) is 46.2 Å². The molecule has 0 spiro atoms. The molecule has 0 bridgehead atoms. The number of nitrogens with one attached hydrogen (secondary N) is 1. The van der Waals surface area contributed by atoms with E-state index in [2.05, 4.69) is 33.0 Å². The molecule has 0 aromatic carbocycles. The highest BCUT2D eigenvalue weighted by Crippen LogP contribution is 2.62. The average molecular weight is 245 g/mol. The molecule has 1 aliphatic heterocycles. The Bertz CT molecular complexity index is 370. The molecule has 16 heavy (non-hydrogen) atoms. The van der Waals surface area contributed by atoms with Crippen molar-refractivity contribution in [2.45, 2.75) is 52.6 Å². The SMILES string of the molecule is CC1(C)C(NC2CCCS(=O)(=O)C2)C1(C)C. The Labute approximate surface area is 98.9 Å². The fourth-order valence-corrected chi connectivity index (χ4v) is 4.65. The van der Waals surface area contributed by atoms with E-state index in [0.29, 0.717) is 17.5 Å². The molecule has 94 valence electrons. The van der Waals surface area contributed by atoms with Crippen LogP contribution in [0, 0.1) is 10.8 Å². The maximum atomic E-state index is 11.5. The van der Waals surface area contributed by atoms with Gasteiger partial charge in [0.05, 0.1) is 11.5 Å². The van der Waals surface area contributed by atoms with E-state index in [9.17, 15) is 8.42 Å². The molecule has 2 rings (SSSR count). The van der Waals surface area contributed by atoms with Crippen LogP contribution in [0.15, 0.2) is 0 Å². The summed E-state index contributed by atoms with van der Waals surface area (Å²) in [5, 5.41) is 3.55. The van der Waals surface area contributed by atoms with E-state index >= 15 is 0 Å². The molecule has 0 aromatic heterocycles. The van der Waals surface area contributed by atoms with E-state index in [-0.39, 0.29) is 16.9 Å². The highest BCUT2D eigenvalue weighted by Gasteiger charge is 2.65. The van der Waals surface area contributed by atoms with Gasteiger partial charge in [-0.05, 0) is 23.7 Å². The van der Waals surface area contributed by atoms with Crippen LogP contribution in [0.5, 0.6) is 0 Å². The third kappa shape index (κ3) is 1.90. The van der Waals surface area contributed by atoms with E-state index < -0.39 is 9.84 Å². The highest BCUT2D eigenvalue weighted by atomic mass is 32.2. The zero-order valence-corrected chi connectivity index (χ0v) is 11.5. The Kier molecular flexibility index (Phi) is 2.67. The molecule has 0 radical (unpaired) electrons. The van der Waals surface area contributed by atoms with Gasteiger partial charge in [0.1, 0.15) is 0 Å². The van der Waals surface area contributed by atoms with E-state index in [4.69, 9.17) is 0 Å². The Balaban J connectivity index is 1.98. The number of hydrogen-bond donors (Lipinski definition) is 1. The molecule has 2 fully saturated rings. The predicted molar refractivity (Wildman–Crippen MR) is 66.2 cm³/mol. The lowest BCUT2D eigenvalue weighted by molar-refractivity contribution is 0.442. The maximum Gasteiger partial charge on any atom is 0.151 e. The molecule has 1 aliphatic carbocycles. The Morgan fingerprint density at radius 3 is 2.12 bits per heavy atom. The van der Waals surface area contributed by atoms with E-state index in [1.54, 1.807) is 0 Å². The second-order valence-corrected chi connectivity index (χ2v) is 8.73. The van der Waals surface area contributed by atoms with Gasteiger partial charge in [0.2, 0.25) is 0 Å². The van der Waals surface area contributed by atoms with Gasteiger partial charge in [-0.15, -0.1) is 0 Å².